The van der Waals surface area contributed by atoms with E-state index in [0.29, 0.717) is 17.1 Å². The number of aliphatic carboxylic acids is 1. The van der Waals surface area contributed by atoms with Crippen LogP contribution in [0.4, 0.5) is 0 Å². The van der Waals surface area contributed by atoms with Crippen molar-refractivity contribution in [1.29, 1.82) is 0 Å². The van der Waals surface area contributed by atoms with E-state index in [2.05, 4.69) is 0 Å². The first kappa shape index (κ1) is 13.9. The molecule has 0 aromatic carbocycles. The van der Waals surface area contributed by atoms with Gasteiger partial charge in [-0.15, -0.1) is 0 Å². The fourth-order valence-corrected chi connectivity index (χ4v) is 1.67. The number of carboxylic acids is 1. The topological polar surface area (TPSA) is 83.8 Å². The van der Waals surface area contributed by atoms with E-state index in [1.54, 1.807) is 30.3 Å². The summed E-state index contributed by atoms with van der Waals surface area (Å²) >= 11 is 0. The summed E-state index contributed by atoms with van der Waals surface area (Å²) in [5, 5.41) is 18.9. The largest absolute Gasteiger partial charge is 0.481 e. The predicted molar refractivity (Wildman–Crippen MR) is 72.7 cm³/mol. The summed E-state index contributed by atoms with van der Waals surface area (Å²) in [4.78, 5) is 10.9. The zero-order valence-corrected chi connectivity index (χ0v) is 10.6. The second-order valence-corrected chi connectivity index (χ2v) is 4.12. The number of carboxylic acid groups (broad SMARTS) is 1. The molecule has 0 amide bonds. The molecule has 0 radical (unpaired) electrons. The molecular weight excluding hydrogens is 260 g/mol. The number of hydrogen-bond donors (Lipinski definition) is 2. The smallest absolute Gasteiger partial charge is 0.307 e. The lowest BCUT2D eigenvalue weighted by molar-refractivity contribution is -0.136. The van der Waals surface area contributed by atoms with Gasteiger partial charge in [0.05, 0.1) is 25.1 Å². The molecule has 1 unspecified atom stereocenters. The molecule has 0 aliphatic carbocycles. The van der Waals surface area contributed by atoms with Gasteiger partial charge in [-0.3, -0.25) is 4.79 Å². The lowest BCUT2D eigenvalue weighted by Gasteiger charge is -2.08. The van der Waals surface area contributed by atoms with Gasteiger partial charge in [0.1, 0.15) is 11.5 Å². The highest BCUT2D eigenvalue weighted by molar-refractivity contribution is 5.73. The van der Waals surface area contributed by atoms with Crippen molar-refractivity contribution >= 4 is 18.1 Å². The van der Waals surface area contributed by atoms with E-state index in [1.807, 2.05) is 0 Å². The molecular formula is C15H14O5. The summed E-state index contributed by atoms with van der Waals surface area (Å²) in [5.74, 6) is 0.0525. The summed E-state index contributed by atoms with van der Waals surface area (Å²) in [6.45, 7) is 0. The molecule has 2 rings (SSSR count). The lowest BCUT2D eigenvalue weighted by atomic mass is 10.0. The molecule has 5 nitrogen and oxygen atoms in total. The van der Waals surface area contributed by atoms with E-state index in [0.717, 1.165) is 0 Å². The van der Waals surface area contributed by atoms with Crippen LogP contribution in [0, 0.1) is 0 Å². The third-order valence-corrected chi connectivity index (χ3v) is 2.59. The van der Waals surface area contributed by atoms with E-state index in [4.69, 9.17) is 13.9 Å². The van der Waals surface area contributed by atoms with Gasteiger partial charge in [-0.25, -0.2) is 0 Å². The molecule has 2 aromatic heterocycles. The lowest BCUT2D eigenvalue weighted by Crippen LogP contribution is -2.10. The predicted octanol–water partition coefficient (Wildman–Crippen LogP) is 2.81. The van der Waals surface area contributed by atoms with Crippen molar-refractivity contribution in [1.82, 2.24) is 0 Å². The first-order valence-corrected chi connectivity index (χ1v) is 6.00. The molecule has 0 aliphatic rings. The fraction of sp³-hybridized carbons (Fsp3) is 0.133. The second kappa shape index (κ2) is 6.58. The maximum atomic E-state index is 10.9. The second-order valence-electron chi connectivity index (χ2n) is 4.12. The maximum absolute atomic E-state index is 10.9. The van der Waals surface area contributed by atoms with Crippen molar-refractivity contribution < 1.29 is 23.8 Å². The van der Waals surface area contributed by atoms with E-state index in [9.17, 15) is 9.90 Å². The Morgan fingerprint density at radius 1 is 1.20 bits per heavy atom. The number of aliphatic hydroxyl groups excluding tert-OH is 1. The van der Waals surface area contributed by atoms with Gasteiger partial charge in [0.2, 0.25) is 0 Å². The maximum Gasteiger partial charge on any atom is 0.307 e. The number of hydrogen-bond acceptors (Lipinski definition) is 4. The molecule has 104 valence electrons. The molecule has 0 fully saturated rings. The standard InChI is InChI=1S/C15H14O5/c16-14(6-5-12-3-1-7-19-12)11(10-15(17)18)9-13-4-2-8-20-13/h1-9,14,16H,10H2,(H,17,18)/b6-5+,11-9-. The van der Waals surface area contributed by atoms with Crippen molar-refractivity contribution in [3.63, 3.8) is 0 Å². The minimum Gasteiger partial charge on any atom is -0.481 e. The molecule has 2 heterocycles. The fourth-order valence-electron chi connectivity index (χ4n) is 1.67. The first-order valence-electron chi connectivity index (χ1n) is 6.00. The van der Waals surface area contributed by atoms with Crippen LogP contribution in [-0.4, -0.2) is 22.3 Å². The van der Waals surface area contributed by atoms with Crippen LogP contribution in [0.25, 0.3) is 12.2 Å². The van der Waals surface area contributed by atoms with Crippen molar-refractivity contribution in [2.24, 2.45) is 0 Å². The Hall–Kier alpha value is -2.53. The van der Waals surface area contributed by atoms with Crippen molar-refractivity contribution in [2.45, 2.75) is 12.5 Å². The van der Waals surface area contributed by atoms with Crippen LogP contribution in [0.1, 0.15) is 17.9 Å². The van der Waals surface area contributed by atoms with Gasteiger partial charge in [-0.05, 0) is 48.1 Å². The average Bonchev–Trinajstić information content (AvgIpc) is 3.07. The molecule has 0 saturated carbocycles. The Bertz CT molecular complexity index is 590. The van der Waals surface area contributed by atoms with E-state index in [1.165, 1.54) is 24.7 Å². The summed E-state index contributed by atoms with van der Waals surface area (Å²) in [5.41, 5.74) is 0.329. The zero-order valence-electron chi connectivity index (χ0n) is 10.6. The van der Waals surface area contributed by atoms with Crippen molar-refractivity contribution in [2.75, 3.05) is 0 Å². The number of furan rings is 2. The van der Waals surface area contributed by atoms with E-state index in [-0.39, 0.29) is 6.42 Å². The Kier molecular flexibility index (Phi) is 4.57. The highest BCUT2D eigenvalue weighted by atomic mass is 16.4. The van der Waals surface area contributed by atoms with Gasteiger partial charge < -0.3 is 19.0 Å². The van der Waals surface area contributed by atoms with Gasteiger partial charge >= 0.3 is 5.97 Å². The first-order chi connectivity index (χ1) is 9.65. The van der Waals surface area contributed by atoms with Crippen LogP contribution in [0.5, 0.6) is 0 Å². The monoisotopic (exact) mass is 274 g/mol. The zero-order chi connectivity index (χ0) is 14.4. The summed E-state index contributed by atoms with van der Waals surface area (Å²) in [6, 6.07) is 6.83. The van der Waals surface area contributed by atoms with Crippen LogP contribution in [0.3, 0.4) is 0 Å². The van der Waals surface area contributed by atoms with E-state index < -0.39 is 12.1 Å². The van der Waals surface area contributed by atoms with E-state index >= 15 is 0 Å². The summed E-state index contributed by atoms with van der Waals surface area (Å²) < 4.78 is 10.2. The molecule has 0 bridgehead atoms. The van der Waals surface area contributed by atoms with Gasteiger partial charge in [0.15, 0.2) is 0 Å². The SMILES string of the molecule is O=C(O)C/C(=C/c1ccco1)C(O)/C=C/c1ccco1. The number of rotatable bonds is 6. The Morgan fingerprint density at radius 2 is 1.85 bits per heavy atom. The average molecular weight is 274 g/mol. The molecule has 1 atom stereocenters. The number of carbonyl (C=O) groups is 1. The number of aliphatic hydroxyl groups is 1. The third kappa shape index (κ3) is 4.00. The van der Waals surface area contributed by atoms with Gasteiger partial charge in [0, 0.05) is 0 Å². The minimum atomic E-state index is -1.03. The van der Waals surface area contributed by atoms with Crippen LogP contribution in [0.2, 0.25) is 0 Å². The van der Waals surface area contributed by atoms with Gasteiger partial charge in [-0.1, -0.05) is 0 Å². The summed E-state index contributed by atoms with van der Waals surface area (Å²) in [6.07, 6.45) is 6.27. The normalized spacial score (nSPS) is 13.8. The van der Waals surface area contributed by atoms with Crippen LogP contribution in [-0.2, 0) is 4.79 Å². The van der Waals surface area contributed by atoms with Gasteiger partial charge in [0.25, 0.3) is 0 Å². The minimum absolute atomic E-state index is 0.273. The van der Waals surface area contributed by atoms with Gasteiger partial charge in [-0.2, -0.15) is 0 Å². The van der Waals surface area contributed by atoms with Crippen molar-refractivity contribution in [3.05, 3.63) is 60.0 Å². The van der Waals surface area contributed by atoms with Crippen molar-refractivity contribution in [3.8, 4) is 0 Å². The molecule has 0 spiro atoms. The quantitative estimate of drug-likeness (QED) is 0.846. The molecule has 2 N–H and O–H groups in total. The third-order valence-electron chi connectivity index (χ3n) is 2.59. The molecule has 5 heteroatoms. The van der Waals surface area contributed by atoms with Crippen LogP contribution in [0.15, 0.2) is 57.3 Å². The molecule has 20 heavy (non-hydrogen) atoms. The van der Waals surface area contributed by atoms with Crippen LogP contribution >= 0.6 is 0 Å². The summed E-state index contributed by atoms with van der Waals surface area (Å²) in [7, 11) is 0. The highest BCUT2D eigenvalue weighted by Crippen LogP contribution is 2.16. The molecule has 2 aromatic rings. The molecule has 0 aliphatic heterocycles. The molecule has 0 saturated heterocycles. The Morgan fingerprint density at radius 3 is 2.40 bits per heavy atom. The van der Waals surface area contributed by atoms with Crippen LogP contribution < -0.4 is 0 Å². The Balaban J connectivity index is 2.15. The Labute approximate surface area is 115 Å². The highest BCUT2D eigenvalue weighted by Gasteiger charge is 2.12.